The highest BCUT2D eigenvalue weighted by Gasteiger charge is 2.26. The maximum absolute atomic E-state index is 5.77. The second kappa shape index (κ2) is 6.24. The van der Waals surface area contributed by atoms with Crippen LogP contribution in [-0.2, 0) is 0 Å². The van der Waals surface area contributed by atoms with Crippen molar-refractivity contribution in [1.82, 2.24) is 5.32 Å². The molecule has 2 heteroatoms. The van der Waals surface area contributed by atoms with Crippen molar-refractivity contribution in [3.63, 3.8) is 0 Å². The van der Waals surface area contributed by atoms with Gasteiger partial charge in [-0.05, 0) is 44.3 Å². The summed E-state index contributed by atoms with van der Waals surface area (Å²) in [5.41, 5.74) is 1.40. The van der Waals surface area contributed by atoms with Crippen molar-refractivity contribution in [2.75, 3.05) is 20.2 Å². The lowest BCUT2D eigenvalue weighted by molar-refractivity contribution is 0.288. The molecular formula is C16H25NO. The highest BCUT2D eigenvalue weighted by atomic mass is 16.5. The van der Waals surface area contributed by atoms with Crippen molar-refractivity contribution in [3.8, 4) is 5.75 Å². The maximum Gasteiger partial charge on any atom is 0.122 e. The van der Waals surface area contributed by atoms with Crippen LogP contribution in [0.25, 0.3) is 0 Å². The van der Waals surface area contributed by atoms with E-state index in [1.807, 2.05) is 7.05 Å². The molecule has 0 amide bonds. The van der Waals surface area contributed by atoms with Crippen LogP contribution in [0.15, 0.2) is 24.3 Å². The minimum Gasteiger partial charge on any atom is -0.493 e. The van der Waals surface area contributed by atoms with Crippen molar-refractivity contribution in [2.45, 2.75) is 32.6 Å². The molecule has 0 aliphatic carbocycles. The van der Waals surface area contributed by atoms with E-state index >= 15 is 0 Å². The van der Waals surface area contributed by atoms with Gasteiger partial charge in [0, 0.05) is 11.5 Å². The second-order valence-electron chi connectivity index (χ2n) is 5.83. The van der Waals surface area contributed by atoms with Gasteiger partial charge in [0.2, 0.25) is 0 Å². The summed E-state index contributed by atoms with van der Waals surface area (Å²) in [5, 5.41) is 3.33. The van der Waals surface area contributed by atoms with Gasteiger partial charge in [-0.1, -0.05) is 32.0 Å². The van der Waals surface area contributed by atoms with Gasteiger partial charge in [0.25, 0.3) is 0 Å². The standard InChI is InChI=1S/C16H25NO/c1-12(2)8-13(10-17-3)9-14-11-18-16-7-5-4-6-15(14)16/h4-7,12-14,17H,8-11H2,1-3H3. The minimum atomic E-state index is 0.582. The van der Waals surface area contributed by atoms with Crippen molar-refractivity contribution in [2.24, 2.45) is 11.8 Å². The molecule has 18 heavy (non-hydrogen) atoms. The summed E-state index contributed by atoms with van der Waals surface area (Å²) in [4.78, 5) is 0. The molecule has 0 saturated carbocycles. The SMILES string of the molecule is CNCC(CC(C)C)CC1COc2ccccc21. The normalized spacial score (nSPS) is 19.7. The molecular weight excluding hydrogens is 222 g/mol. The van der Waals surface area contributed by atoms with Gasteiger partial charge in [-0.3, -0.25) is 0 Å². The van der Waals surface area contributed by atoms with Crippen molar-refractivity contribution in [3.05, 3.63) is 29.8 Å². The monoisotopic (exact) mass is 247 g/mol. The lowest BCUT2D eigenvalue weighted by atomic mass is 9.85. The molecule has 2 unspecified atom stereocenters. The second-order valence-corrected chi connectivity index (χ2v) is 5.83. The van der Waals surface area contributed by atoms with E-state index in [-0.39, 0.29) is 0 Å². The fourth-order valence-electron chi connectivity index (χ4n) is 3.05. The van der Waals surface area contributed by atoms with Crippen molar-refractivity contribution in [1.29, 1.82) is 0 Å². The van der Waals surface area contributed by atoms with Crippen LogP contribution in [0.2, 0.25) is 0 Å². The molecule has 2 atom stereocenters. The average molecular weight is 247 g/mol. The van der Waals surface area contributed by atoms with E-state index in [0.717, 1.165) is 30.7 Å². The first kappa shape index (κ1) is 13.4. The molecule has 100 valence electrons. The Morgan fingerprint density at radius 1 is 1.33 bits per heavy atom. The van der Waals surface area contributed by atoms with Crippen LogP contribution in [0.5, 0.6) is 5.75 Å². The first-order valence-corrected chi connectivity index (χ1v) is 7.07. The van der Waals surface area contributed by atoms with E-state index in [1.54, 1.807) is 0 Å². The zero-order valence-electron chi connectivity index (χ0n) is 11.8. The molecule has 0 fully saturated rings. The highest BCUT2D eigenvalue weighted by Crippen LogP contribution is 2.38. The lowest BCUT2D eigenvalue weighted by Crippen LogP contribution is -2.22. The molecule has 1 aliphatic rings. The summed E-state index contributed by atoms with van der Waals surface area (Å²) in [6, 6.07) is 8.49. The molecule has 2 rings (SSSR count). The van der Waals surface area contributed by atoms with Crippen LogP contribution in [-0.4, -0.2) is 20.2 Å². The zero-order chi connectivity index (χ0) is 13.0. The summed E-state index contributed by atoms with van der Waals surface area (Å²) in [5.74, 6) is 3.18. The molecule has 1 aliphatic heterocycles. The van der Waals surface area contributed by atoms with E-state index in [2.05, 4.69) is 43.4 Å². The third-order valence-electron chi connectivity index (χ3n) is 3.71. The Bertz CT molecular complexity index is 375. The van der Waals surface area contributed by atoms with Gasteiger partial charge < -0.3 is 10.1 Å². The summed E-state index contributed by atoms with van der Waals surface area (Å²) in [6.45, 7) is 6.58. The van der Waals surface area contributed by atoms with Gasteiger partial charge >= 0.3 is 0 Å². The number of ether oxygens (including phenoxy) is 1. The number of fused-ring (bicyclic) bond motifs is 1. The summed E-state index contributed by atoms with van der Waals surface area (Å²) >= 11 is 0. The number of nitrogens with one attached hydrogen (secondary N) is 1. The van der Waals surface area contributed by atoms with Gasteiger partial charge in [-0.25, -0.2) is 0 Å². The average Bonchev–Trinajstić information content (AvgIpc) is 2.72. The van der Waals surface area contributed by atoms with Crippen LogP contribution >= 0.6 is 0 Å². The van der Waals surface area contributed by atoms with Crippen LogP contribution in [0, 0.1) is 11.8 Å². The molecule has 0 saturated heterocycles. The van der Waals surface area contributed by atoms with Gasteiger partial charge in [0.05, 0.1) is 6.61 Å². The molecule has 0 radical (unpaired) electrons. The Morgan fingerprint density at radius 3 is 2.83 bits per heavy atom. The molecule has 2 nitrogen and oxygen atoms in total. The van der Waals surface area contributed by atoms with Crippen LogP contribution in [0.1, 0.15) is 38.2 Å². The smallest absolute Gasteiger partial charge is 0.122 e. The Kier molecular flexibility index (Phi) is 4.65. The Hall–Kier alpha value is -1.02. The zero-order valence-corrected chi connectivity index (χ0v) is 11.8. The van der Waals surface area contributed by atoms with Crippen LogP contribution < -0.4 is 10.1 Å². The number of hydrogen-bond acceptors (Lipinski definition) is 2. The molecule has 0 spiro atoms. The maximum atomic E-state index is 5.77. The number of para-hydroxylation sites is 1. The lowest BCUT2D eigenvalue weighted by Gasteiger charge is -2.21. The van der Waals surface area contributed by atoms with Gasteiger partial charge in [-0.2, -0.15) is 0 Å². The summed E-state index contributed by atoms with van der Waals surface area (Å²) in [7, 11) is 2.05. The first-order valence-electron chi connectivity index (χ1n) is 7.07. The predicted octanol–water partition coefficient (Wildman–Crippen LogP) is 3.43. The van der Waals surface area contributed by atoms with Gasteiger partial charge in [-0.15, -0.1) is 0 Å². The molecule has 1 N–H and O–H groups in total. The molecule has 1 aromatic rings. The van der Waals surface area contributed by atoms with Gasteiger partial charge in [0.1, 0.15) is 5.75 Å². The van der Waals surface area contributed by atoms with E-state index < -0.39 is 0 Å². The van der Waals surface area contributed by atoms with E-state index in [1.165, 1.54) is 18.4 Å². The third-order valence-corrected chi connectivity index (χ3v) is 3.71. The summed E-state index contributed by atoms with van der Waals surface area (Å²) in [6.07, 6.45) is 2.52. The van der Waals surface area contributed by atoms with Crippen molar-refractivity contribution < 1.29 is 4.74 Å². The highest BCUT2D eigenvalue weighted by molar-refractivity contribution is 5.39. The number of benzene rings is 1. The Balaban J connectivity index is 2.00. The van der Waals surface area contributed by atoms with E-state index in [0.29, 0.717) is 5.92 Å². The topological polar surface area (TPSA) is 21.3 Å². The van der Waals surface area contributed by atoms with E-state index in [9.17, 15) is 0 Å². The van der Waals surface area contributed by atoms with Crippen LogP contribution in [0.3, 0.4) is 0 Å². The Morgan fingerprint density at radius 2 is 2.11 bits per heavy atom. The molecule has 0 aromatic heterocycles. The van der Waals surface area contributed by atoms with Gasteiger partial charge in [0.15, 0.2) is 0 Å². The largest absolute Gasteiger partial charge is 0.493 e. The van der Waals surface area contributed by atoms with Crippen molar-refractivity contribution >= 4 is 0 Å². The molecule has 1 aromatic carbocycles. The minimum absolute atomic E-state index is 0.582. The fourth-order valence-corrected chi connectivity index (χ4v) is 3.05. The summed E-state index contributed by atoms with van der Waals surface area (Å²) < 4.78 is 5.77. The number of rotatable bonds is 6. The molecule has 0 bridgehead atoms. The predicted molar refractivity (Wildman–Crippen MR) is 76.2 cm³/mol. The first-order chi connectivity index (χ1) is 8.70. The molecule has 1 heterocycles. The third kappa shape index (κ3) is 3.26. The van der Waals surface area contributed by atoms with Crippen LogP contribution in [0.4, 0.5) is 0 Å². The quantitative estimate of drug-likeness (QED) is 0.831. The number of hydrogen-bond donors (Lipinski definition) is 1. The fraction of sp³-hybridized carbons (Fsp3) is 0.625. The van der Waals surface area contributed by atoms with E-state index in [4.69, 9.17) is 4.74 Å². The Labute approximate surface area is 111 Å².